The predicted molar refractivity (Wildman–Crippen MR) is 130 cm³/mol. The van der Waals surface area contributed by atoms with Crippen molar-refractivity contribution in [3.63, 3.8) is 0 Å². The summed E-state index contributed by atoms with van der Waals surface area (Å²) in [4.78, 5) is 15.5. The summed E-state index contributed by atoms with van der Waals surface area (Å²) in [7, 11) is 3.25. The van der Waals surface area contributed by atoms with Crippen LogP contribution in [-0.4, -0.2) is 41.5 Å². The SMILES string of the molecule is COc1cccc(-c2cc(-c3nc(-c4ccc(C[C@H](N)C(=O)O)cc4)no3)ccc2OC)c1.Cl. The van der Waals surface area contributed by atoms with E-state index in [-0.39, 0.29) is 18.8 Å². The Morgan fingerprint density at radius 3 is 2.41 bits per heavy atom. The van der Waals surface area contributed by atoms with Crippen molar-refractivity contribution in [2.24, 2.45) is 5.73 Å². The van der Waals surface area contributed by atoms with Gasteiger partial charge in [0.2, 0.25) is 5.82 Å². The fourth-order valence-electron chi connectivity index (χ4n) is 3.45. The number of hydrogen-bond acceptors (Lipinski definition) is 7. The van der Waals surface area contributed by atoms with Gasteiger partial charge in [-0.1, -0.05) is 41.6 Å². The molecule has 4 rings (SSSR count). The lowest BCUT2D eigenvalue weighted by molar-refractivity contribution is -0.138. The van der Waals surface area contributed by atoms with E-state index in [2.05, 4.69) is 10.1 Å². The molecule has 0 fully saturated rings. The Kier molecular flexibility index (Phi) is 7.88. The molecule has 176 valence electrons. The summed E-state index contributed by atoms with van der Waals surface area (Å²) in [6.07, 6.45) is 0.242. The second-order valence-corrected chi connectivity index (χ2v) is 7.42. The van der Waals surface area contributed by atoms with Crippen LogP contribution in [0.15, 0.2) is 71.3 Å². The van der Waals surface area contributed by atoms with Crippen molar-refractivity contribution in [2.45, 2.75) is 12.5 Å². The molecule has 0 amide bonds. The highest BCUT2D eigenvalue weighted by molar-refractivity contribution is 5.85. The number of hydrogen-bond donors (Lipinski definition) is 2. The van der Waals surface area contributed by atoms with Gasteiger partial charge in [0.05, 0.1) is 14.2 Å². The zero-order chi connectivity index (χ0) is 23.4. The van der Waals surface area contributed by atoms with E-state index in [1.54, 1.807) is 14.2 Å². The number of halogens is 1. The molecule has 0 aliphatic carbocycles. The first-order valence-corrected chi connectivity index (χ1v) is 10.2. The summed E-state index contributed by atoms with van der Waals surface area (Å²) >= 11 is 0. The van der Waals surface area contributed by atoms with E-state index in [9.17, 15) is 4.79 Å². The number of carbonyl (C=O) groups is 1. The standard InChI is InChI=1S/C25H23N3O5.ClH/c1-31-19-5-3-4-17(13-19)20-14-18(10-11-22(20)32-2)24-27-23(28-33-24)16-8-6-15(7-9-16)12-21(26)25(29)30;/h3-11,13-14,21H,12,26H2,1-2H3,(H,29,30);1H/t21-;/m0./s1. The molecule has 0 bridgehead atoms. The first-order valence-electron chi connectivity index (χ1n) is 10.2. The topological polar surface area (TPSA) is 121 Å². The summed E-state index contributed by atoms with van der Waals surface area (Å²) in [5, 5.41) is 13.1. The summed E-state index contributed by atoms with van der Waals surface area (Å²) < 4.78 is 16.4. The monoisotopic (exact) mass is 481 g/mol. The van der Waals surface area contributed by atoms with E-state index in [1.165, 1.54) is 0 Å². The Morgan fingerprint density at radius 2 is 1.74 bits per heavy atom. The van der Waals surface area contributed by atoms with Gasteiger partial charge in [0.15, 0.2) is 0 Å². The average Bonchev–Trinajstić information content (AvgIpc) is 3.34. The molecule has 3 N–H and O–H groups in total. The molecule has 0 radical (unpaired) electrons. The van der Waals surface area contributed by atoms with Crippen LogP contribution in [0, 0.1) is 0 Å². The highest BCUT2D eigenvalue weighted by Gasteiger charge is 2.16. The molecule has 3 aromatic carbocycles. The minimum absolute atomic E-state index is 0. The van der Waals surface area contributed by atoms with Gasteiger partial charge in [-0.15, -0.1) is 12.4 Å². The third-order valence-corrected chi connectivity index (χ3v) is 5.24. The van der Waals surface area contributed by atoms with Crippen molar-refractivity contribution in [1.82, 2.24) is 10.1 Å². The predicted octanol–water partition coefficient (Wildman–Crippen LogP) is 4.46. The molecule has 9 heteroatoms. The maximum atomic E-state index is 10.9. The second-order valence-electron chi connectivity index (χ2n) is 7.42. The maximum absolute atomic E-state index is 10.9. The lowest BCUT2D eigenvalue weighted by Gasteiger charge is -2.11. The number of nitrogens with two attached hydrogens (primary N) is 1. The largest absolute Gasteiger partial charge is 0.497 e. The lowest BCUT2D eigenvalue weighted by Crippen LogP contribution is -2.32. The molecule has 34 heavy (non-hydrogen) atoms. The third kappa shape index (κ3) is 5.36. The van der Waals surface area contributed by atoms with E-state index in [4.69, 9.17) is 24.8 Å². The van der Waals surface area contributed by atoms with Gasteiger partial charge in [0.1, 0.15) is 17.5 Å². The summed E-state index contributed by atoms with van der Waals surface area (Å²) in [5.74, 6) is 1.22. The Labute approximate surface area is 202 Å². The molecular weight excluding hydrogens is 458 g/mol. The Balaban J connectivity index is 0.00000324. The molecule has 1 atom stereocenters. The highest BCUT2D eigenvalue weighted by atomic mass is 35.5. The van der Waals surface area contributed by atoms with Gasteiger partial charge < -0.3 is 24.8 Å². The van der Waals surface area contributed by atoms with Gasteiger partial charge in [-0.2, -0.15) is 4.98 Å². The minimum atomic E-state index is -1.03. The van der Waals surface area contributed by atoms with Crippen molar-refractivity contribution >= 4 is 18.4 Å². The average molecular weight is 482 g/mol. The van der Waals surface area contributed by atoms with Gasteiger partial charge in [0, 0.05) is 16.7 Å². The summed E-state index contributed by atoms with van der Waals surface area (Å²) in [6.45, 7) is 0. The molecule has 4 aromatic rings. The third-order valence-electron chi connectivity index (χ3n) is 5.24. The molecule has 0 unspecified atom stereocenters. The number of nitrogens with zero attached hydrogens (tertiary/aromatic N) is 2. The van der Waals surface area contributed by atoms with E-state index >= 15 is 0 Å². The number of rotatable bonds is 8. The van der Waals surface area contributed by atoms with Crippen LogP contribution in [-0.2, 0) is 11.2 Å². The van der Waals surface area contributed by atoms with Crippen LogP contribution < -0.4 is 15.2 Å². The van der Waals surface area contributed by atoms with Crippen molar-refractivity contribution in [2.75, 3.05) is 14.2 Å². The first kappa shape index (κ1) is 24.8. The molecule has 0 aliphatic rings. The van der Waals surface area contributed by atoms with Crippen LogP contribution in [0.5, 0.6) is 11.5 Å². The van der Waals surface area contributed by atoms with E-state index in [0.29, 0.717) is 17.5 Å². The number of aliphatic carboxylic acids is 1. The van der Waals surface area contributed by atoms with Crippen LogP contribution in [0.2, 0.25) is 0 Å². The van der Waals surface area contributed by atoms with Gasteiger partial charge in [-0.25, -0.2) is 0 Å². The number of carboxylic acids is 1. The van der Waals surface area contributed by atoms with E-state index in [0.717, 1.165) is 33.6 Å². The minimum Gasteiger partial charge on any atom is -0.497 e. The van der Waals surface area contributed by atoms with Crippen LogP contribution in [0.4, 0.5) is 0 Å². The molecular formula is C25H24ClN3O5. The smallest absolute Gasteiger partial charge is 0.320 e. The van der Waals surface area contributed by atoms with Crippen molar-refractivity contribution < 1.29 is 23.9 Å². The van der Waals surface area contributed by atoms with Gasteiger partial charge in [0.25, 0.3) is 5.89 Å². The lowest BCUT2D eigenvalue weighted by atomic mass is 10.0. The summed E-state index contributed by atoms with van der Waals surface area (Å²) in [6, 6.07) is 19.6. The fourth-order valence-corrected chi connectivity index (χ4v) is 3.45. The molecule has 0 saturated heterocycles. The van der Waals surface area contributed by atoms with Crippen molar-refractivity contribution in [3.05, 3.63) is 72.3 Å². The van der Waals surface area contributed by atoms with Gasteiger partial charge in [-0.05, 0) is 47.9 Å². The normalized spacial score (nSPS) is 11.4. The Hall–Kier alpha value is -3.88. The first-order chi connectivity index (χ1) is 16.0. The van der Waals surface area contributed by atoms with Crippen LogP contribution in [0.25, 0.3) is 34.0 Å². The van der Waals surface area contributed by atoms with Gasteiger partial charge >= 0.3 is 5.97 Å². The fraction of sp³-hybridized carbons (Fsp3) is 0.160. The van der Waals surface area contributed by atoms with Crippen LogP contribution >= 0.6 is 12.4 Å². The maximum Gasteiger partial charge on any atom is 0.320 e. The molecule has 0 spiro atoms. The Bertz CT molecular complexity index is 1270. The highest BCUT2D eigenvalue weighted by Crippen LogP contribution is 2.35. The number of benzene rings is 3. The van der Waals surface area contributed by atoms with Crippen LogP contribution in [0.3, 0.4) is 0 Å². The van der Waals surface area contributed by atoms with Gasteiger partial charge in [-0.3, -0.25) is 4.79 Å². The molecule has 0 saturated carbocycles. The van der Waals surface area contributed by atoms with Crippen LogP contribution in [0.1, 0.15) is 5.56 Å². The van der Waals surface area contributed by atoms with E-state index < -0.39 is 12.0 Å². The van der Waals surface area contributed by atoms with E-state index in [1.807, 2.05) is 66.7 Å². The molecule has 1 heterocycles. The zero-order valence-corrected chi connectivity index (χ0v) is 19.4. The van der Waals surface area contributed by atoms with Crippen molar-refractivity contribution in [1.29, 1.82) is 0 Å². The molecule has 8 nitrogen and oxygen atoms in total. The Morgan fingerprint density at radius 1 is 1.00 bits per heavy atom. The zero-order valence-electron chi connectivity index (χ0n) is 18.6. The number of aromatic nitrogens is 2. The molecule has 1 aromatic heterocycles. The molecule has 0 aliphatic heterocycles. The number of ether oxygens (including phenoxy) is 2. The van der Waals surface area contributed by atoms with Crippen molar-refractivity contribution in [3.8, 4) is 45.5 Å². The second kappa shape index (κ2) is 10.8. The number of carboxylic acid groups (broad SMARTS) is 1. The summed E-state index contributed by atoms with van der Waals surface area (Å²) in [5.41, 5.74) is 9.71. The number of methoxy groups -OCH3 is 2. The quantitative estimate of drug-likeness (QED) is 0.378.